The van der Waals surface area contributed by atoms with E-state index < -0.39 is 10.8 Å². The normalized spacial score (nSPS) is 14.4. The molecular weight excluding hydrogens is 272 g/mol. The van der Waals surface area contributed by atoms with Crippen molar-refractivity contribution in [2.75, 3.05) is 0 Å². The first-order chi connectivity index (χ1) is 9.47. The zero-order valence-corrected chi connectivity index (χ0v) is 13.1. The highest BCUT2D eigenvalue weighted by atomic mass is 32.2. The number of hydrogen-bond acceptors (Lipinski definition) is 4. The van der Waals surface area contributed by atoms with Crippen LogP contribution in [0.25, 0.3) is 0 Å². The third-order valence-electron chi connectivity index (χ3n) is 3.24. The zero-order chi connectivity index (χ0) is 14.7. The van der Waals surface area contributed by atoms with Crippen molar-refractivity contribution < 1.29 is 8.73 Å². The van der Waals surface area contributed by atoms with Gasteiger partial charge >= 0.3 is 0 Å². The third kappa shape index (κ3) is 3.54. The molecule has 2 aromatic rings. The predicted molar refractivity (Wildman–Crippen MR) is 79.8 cm³/mol. The minimum Gasteiger partial charge on any atom is -0.338 e. The molecule has 2 atom stereocenters. The molecule has 0 radical (unpaired) electrons. The molecule has 1 heterocycles. The van der Waals surface area contributed by atoms with Gasteiger partial charge < -0.3 is 4.52 Å². The molecule has 0 N–H and O–H groups in total. The molecule has 0 saturated carbocycles. The van der Waals surface area contributed by atoms with E-state index in [-0.39, 0.29) is 5.25 Å². The molecule has 0 unspecified atom stereocenters. The molecule has 0 amide bonds. The second kappa shape index (κ2) is 6.31. The summed E-state index contributed by atoms with van der Waals surface area (Å²) in [6.45, 7) is 7.93. The minimum absolute atomic E-state index is 0.249. The fourth-order valence-corrected chi connectivity index (χ4v) is 2.97. The Kier molecular flexibility index (Phi) is 4.70. The summed E-state index contributed by atoms with van der Waals surface area (Å²) in [4.78, 5) is 4.14. The standard InChI is InChI=1S/C15H20N2O2S/c1-10(2)14-7-5-13(6-8-14)9-20(18)11(3)15-16-12(4)17-19-15/h5-8,10-11H,9H2,1-4H3/t11-,20+/m1/s1. The van der Waals surface area contributed by atoms with Crippen LogP contribution in [-0.2, 0) is 16.6 Å². The fourth-order valence-electron chi connectivity index (χ4n) is 1.88. The van der Waals surface area contributed by atoms with Gasteiger partial charge in [0.15, 0.2) is 5.82 Å². The molecule has 0 saturated heterocycles. The van der Waals surface area contributed by atoms with Crippen LogP contribution in [0.4, 0.5) is 0 Å². The smallest absolute Gasteiger partial charge is 0.242 e. The van der Waals surface area contributed by atoms with Gasteiger partial charge in [-0.2, -0.15) is 4.98 Å². The summed E-state index contributed by atoms with van der Waals surface area (Å²) in [5.41, 5.74) is 2.36. The molecule has 20 heavy (non-hydrogen) atoms. The number of benzene rings is 1. The maximum Gasteiger partial charge on any atom is 0.242 e. The Bertz CT molecular complexity index is 590. The molecule has 0 aliphatic heterocycles. The molecule has 0 fully saturated rings. The van der Waals surface area contributed by atoms with Gasteiger partial charge in [-0.15, -0.1) is 0 Å². The van der Waals surface area contributed by atoms with Gasteiger partial charge in [-0.05, 0) is 30.9 Å². The van der Waals surface area contributed by atoms with Crippen LogP contribution in [0.3, 0.4) is 0 Å². The van der Waals surface area contributed by atoms with Crippen LogP contribution in [0, 0.1) is 6.92 Å². The molecule has 0 spiro atoms. The first-order valence-electron chi connectivity index (χ1n) is 6.73. The average molecular weight is 292 g/mol. The fraction of sp³-hybridized carbons (Fsp3) is 0.467. The van der Waals surface area contributed by atoms with Gasteiger partial charge in [0.25, 0.3) is 0 Å². The topological polar surface area (TPSA) is 56.0 Å². The molecule has 0 bridgehead atoms. The molecule has 5 heteroatoms. The van der Waals surface area contributed by atoms with Crippen molar-refractivity contribution >= 4 is 10.8 Å². The van der Waals surface area contributed by atoms with Gasteiger partial charge in [0, 0.05) is 16.6 Å². The van der Waals surface area contributed by atoms with E-state index in [0.717, 1.165) is 5.56 Å². The summed E-state index contributed by atoms with van der Waals surface area (Å²) in [5, 5.41) is 3.49. The first kappa shape index (κ1) is 14.9. The minimum atomic E-state index is -1.07. The Balaban J connectivity index is 2.04. The van der Waals surface area contributed by atoms with Gasteiger partial charge in [-0.1, -0.05) is 43.3 Å². The van der Waals surface area contributed by atoms with Crippen LogP contribution in [-0.4, -0.2) is 14.3 Å². The molecule has 4 nitrogen and oxygen atoms in total. The highest BCUT2D eigenvalue weighted by Gasteiger charge is 2.20. The quantitative estimate of drug-likeness (QED) is 0.846. The maximum absolute atomic E-state index is 12.3. The Morgan fingerprint density at radius 2 is 1.85 bits per heavy atom. The average Bonchev–Trinajstić information content (AvgIpc) is 2.85. The van der Waals surface area contributed by atoms with Crippen molar-refractivity contribution in [3.05, 3.63) is 47.1 Å². The highest BCUT2D eigenvalue weighted by molar-refractivity contribution is 7.84. The van der Waals surface area contributed by atoms with Crippen molar-refractivity contribution in [1.82, 2.24) is 10.1 Å². The molecule has 0 aliphatic rings. The van der Waals surface area contributed by atoms with E-state index in [0.29, 0.717) is 23.4 Å². The molecule has 108 valence electrons. The van der Waals surface area contributed by atoms with Gasteiger partial charge in [-0.25, -0.2) is 0 Å². The monoisotopic (exact) mass is 292 g/mol. The molecular formula is C15H20N2O2S. The van der Waals surface area contributed by atoms with Crippen molar-refractivity contribution in [2.24, 2.45) is 0 Å². The van der Waals surface area contributed by atoms with Crippen LogP contribution >= 0.6 is 0 Å². The van der Waals surface area contributed by atoms with E-state index in [4.69, 9.17) is 4.52 Å². The van der Waals surface area contributed by atoms with Crippen LogP contribution in [0.5, 0.6) is 0 Å². The summed E-state index contributed by atoms with van der Waals surface area (Å²) >= 11 is 0. The maximum atomic E-state index is 12.3. The number of aryl methyl sites for hydroxylation is 1. The molecule has 0 aliphatic carbocycles. The Hall–Kier alpha value is -1.49. The Morgan fingerprint density at radius 3 is 2.35 bits per heavy atom. The van der Waals surface area contributed by atoms with Crippen molar-refractivity contribution in [3.63, 3.8) is 0 Å². The summed E-state index contributed by atoms with van der Waals surface area (Å²) in [5.74, 6) is 2.03. The van der Waals surface area contributed by atoms with Crippen LogP contribution in [0.1, 0.15) is 54.8 Å². The lowest BCUT2D eigenvalue weighted by molar-refractivity contribution is 0.375. The number of nitrogens with zero attached hydrogens (tertiary/aromatic N) is 2. The Labute approximate surface area is 122 Å². The summed E-state index contributed by atoms with van der Waals surface area (Å²) < 4.78 is 17.4. The number of aromatic nitrogens is 2. The van der Waals surface area contributed by atoms with Crippen LogP contribution in [0.2, 0.25) is 0 Å². The van der Waals surface area contributed by atoms with Crippen LogP contribution < -0.4 is 0 Å². The van der Waals surface area contributed by atoms with Crippen molar-refractivity contribution in [2.45, 2.75) is 44.6 Å². The summed E-state index contributed by atoms with van der Waals surface area (Å²) in [6, 6.07) is 8.27. The predicted octanol–water partition coefficient (Wildman–Crippen LogP) is 3.51. The van der Waals surface area contributed by atoms with E-state index in [1.807, 2.05) is 19.1 Å². The van der Waals surface area contributed by atoms with Gasteiger partial charge in [-0.3, -0.25) is 4.21 Å². The summed E-state index contributed by atoms with van der Waals surface area (Å²) in [7, 11) is -1.07. The zero-order valence-electron chi connectivity index (χ0n) is 12.3. The number of hydrogen-bond donors (Lipinski definition) is 0. The van der Waals surface area contributed by atoms with Gasteiger partial charge in [0.2, 0.25) is 5.89 Å². The lowest BCUT2D eigenvalue weighted by atomic mass is 10.0. The van der Waals surface area contributed by atoms with Crippen molar-refractivity contribution in [1.29, 1.82) is 0 Å². The second-order valence-electron chi connectivity index (χ2n) is 5.24. The SMILES string of the molecule is Cc1noc([C@@H](C)[S@@](=O)Cc2ccc(C(C)C)cc2)n1. The van der Waals surface area contributed by atoms with E-state index >= 15 is 0 Å². The lowest BCUT2D eigenvalue weighted by Gasteiger charge is -2.09. The molecule has 1 aromatic heterocycles. The largest absolute Gasteiger partial charge is 0.338 e. The van der Waals surface area contributed by atoms with Crippen molar-refractivity contribution in [3.8, 4) is 0 Å². The first-order valence-corrected chi connectivity index (χ1v) is 8.11. The Morgan fingerprint density at radius 1 is 1.20 bits per heavy atom. The van der Waals surface area contributed by atoms with E-state index in [1.165, 1.54) is 5.56 Å². The summed E-state index contributed by atoms with van der Waals surface area (Å²) in [6.07, 6.45) is 0. The van der Waals surface area contributed by atoms with Gasteiger partial charge in [0.05, 0.1) is 0 Å². The van der Waals surface area contributed by atoms with Crippen LogP contribution in [0.15, 0.2) is 28.8 Å². The van der Waals surface area contributed by atoms with Gasteiger partial charge in [0.1, 0.15) is 5.25 Å². The molecule has 1 aromatic carbocycles. The second-order valence-corrected chi connectivity index (χ2v) is 7.00. The van der Waals surface area contributed by atoms with E-state index in [2.05, 4.69) is 36.1 Å². The van der Waals surface area contributed by atoms with E-state index in [1.54, 1.807) is 6.92 Å². The van der Waals surface area contributed by atoms with E-state index in [9.17, 15) is 4.21 Å². The number of rotatable bonds is 5. The highest BCUT2D eigenvalue weighted by Crippen LogP contribution is 2.21. The molecule has 2 rings (SSSR count). The third-order valence-corrected chi connectivity index (χ3v) is 4.85. The lowest BCUT2D eigenvalue weighted by Crippen LogP contribution is -2.06.